The molecule has 6 heteroatoms. The van der Waals surface area contributed by atoms with Crippen LogP contribution >= 0.6 is 15.9 Å². The van der Waals surface area contributed by atoms with Crippen LogP contribution in [0, 0.1) is 0 Å². The minimum absolute atomic E-state index is 0.173. The minimum atomic E-state index is -0.173. The van der Waals surface area contributed by atoms with Crippen LogP contribution in [0.3, 0.4) is 0 Å². The summed E-state index contributed by atoms with van der Waals surface area (Å²) in [5, 5.41) is 3.17. The van der Waals surface area contributed by atoms with Crippen molar-refractivity contribution in [3.05, 3.63) is 77.2 Å². The molecule has 0 aliphatic rings. The van der Waals surface area contributed by atoms with Gasteiger partial charge in [-0.25, -0.2) is 9.97 Å². The van der Waals surface area contributed by atoms with Crippen molar-refractivity contribution < 1.29 is 4.79 Å². The van der Waals surface area contributed by atoms with Crippen LogP contribution in [-0.4, -0.2) is 22.4 Å². The van der Waals surface area contributed by atoms with Crippen LogP contribution in [0.1, 0.15) is 17.4 Å². The number of amides is 1. The van der Waals surface area contributed by atoms with E-state index in [1.54, 1.807) is 11.1 Å². The number of anilines is 3. The van der Waals surface area contributed by atoms with Crippen LogP contribution in [0.4, 0.5) is 17.2 Å². The molecule has 5 nitrogen and oxygen atoms in total. The molecule has 1 heterocycles. The fourth-order valence-electron chi connectivity index (χ4n) is 2.39. The monoisotopic (exact) mass is 396 g/mol. The lowest BCUT2D eigenvalue weighted by Crippen LogP contribution is -2.31. The molecule has 0 saturated heterocycles. The number of carbonyl (C=O) groups excluding carboxylic acids is 1. The Hall–Kier alpha value is -2.73. The van der Waals surface area contributed by atoms with Crippen LogP contribution in [-0.2, 0) is 0 Å². The maximum Gasteiger partial charge on any atom is 0.278 e. The summed E-state index contributed by atoms with van der Waals surface area (Å²) in [5.74, 6) is 0.403. The fraction of sp³-hybridized carbons (Fsp3) is 0.105. The quantitative estimate of drug-likeness (QED) is 0.681. The second-order valence-corrected chi connectivity index (χ2v) is 6.13. The topological polar surface area (TPSA) is 58.1 Å². The van der Waals surface area contributed by atoms with Crippen molar-refractivity contribution in [2.24, 2.45) is 0 Å². The summed E-state index contributed by atoms with van der Waals surface area (Å²) in [5.41, 5.74) is 2.03. The molecule has 0 fully saturated rings. The average molecular weight is 397 g/mol. The Kier molecular flexibility index (Phi) is 5.40. The van der Waals surface area contributed by atoms with Gasteiger partial charge in [0.25, 0.3) is 5.91 Å². The molecule has 0 bridgehead atoms. The maximum atomic E-state index is 12.7. The molecule has 3 rings (SSSR count). The van der Waals surface area contributed by atoms with Crippen LogP contribution in [0.15, 0.2) is 71.5 Å². The Labute approximate surface area is 154 Å². The van der Waals surface area contributed by atoms with Gasteiger partial charge in [-0.05, 0) is 47.1 Å². The minimum Gasteiger partial charge on any atom is -0.338 e. The highest BCUT2D eigenvalue weighted by Crippen LogP contribution is 2.24. The largest absolute Gasteiger partial charge is 0.338 e. The third-order valence-corrected chi connectivity index (χ3v) is 4.33. The van der Waals surface area contributed by atoms with E-state index in [2.05, 4.69) is 31.2 Å². The van der Waals surface area contributed by atoms with E-state index in [1.165, 1.54) is 6.20 Å². The van der Waals surface area contributed by atoms with Gasteiger partial charge in [0.1, 0.15) is 11.5 Å². The molecule has 0 aliphatic carbocycles. The molecule has 1 aromatic heterocycles. The maximum absolute atomic E-state index is 12.7. The zero-order valence-corrected chi connectivity index (χ0v) is 15.3. The number of rotatable bonds is 5. The predicted molar refractivity (Wildman–Crippen MR) is 103 cm³/mol. The van der Waals surface area contributed by atoms with Gasteiger partial charge in [0.15, 0.2) is 0 Å². The van der Waals surface area contributed by atoms with Crippen molar-refractivity contribution in [1.82, 2.24) is 9.97 Å². The van der Waals surface area contributed by atoms with Crippen molar-refractivity contribution in [2.75, 3.05) is 16.8 Å². The molecule has 3 aromatic rings. The number of aromatic nitrogens is 2. The number of hydrogen-bond acceptors (Lipinski definition) is 4. The first-order chi connectivity index (χ1) is 12.2. The number of nitrogens with one attached hydrogen (secondary N) is 1. The van der Waals surface area contributed by atoms with E-state index < -0.39 is 0 Å². The summed E-state index contributed by atoms with van der Waals surface area (Å²) in [7, 11) is 0. The molecule has 0 atom stereocenters. The smallest absolute Gasteiger partial charge is 0.278 e. The Morgan fingerprint density at radius 1 is 1.04 bits per heavy atom. The molecule has 0 aliphatic heterocycles. The number of hydrogen-bond donors (Lipinski definition) is 1. The molecule has 1 amide bonds. The van der Waals surface area contributed by atoms with E-state index in [9.17, 15) is 4.79 Å². The molecule has 1 N–H and O–H groups in total. The SMILES string of the molecule is CCN(C(=O)c1cnc(Nc2ccccc2Br)cn1)c1ccccc1. The molecule has 0 spiro atoms. The van der Waals surface area contributed by atoms with E-state index in [-0.39, 0.29) is 5.91 Å². The lowest BCUT2D eigenvalue weighted by atomic mass is 10.2. The zero-order chi connectivity index (χ0) is 17.6. The average Bonchev–Trinajstić information content (AvgIpc) is 2.66. The van der Waals surface area contributed by atoms with Gasteiger partial charge in [-0.3, -0.25) is 4.79 Å². The second-order valence-electron chi connectivity index (χ2n) is 5.28. The van der Waals surface area contributed by atoms with E-state index >= 15 is 0 Å². The first-order valence-electron chi connectivity index (χ1n) is 7.89. The van der Waals surface area contributed by atoms with Gasteiger partial charge >= 0.3 is 0 Å². The third kappa shape index (κ3) is 4.03. The van der Waals surface area contributed by atoms with Gasteiger partial charge in [-0.15, -0.1) is 0 Å². The van der Waals surface area contributed by atoms with Gasteiger partial charge in [0, 0.05) is 16.7 Å². The van der Waals surface area contributed by atoms with Crippen molar-refractivity contribution in [3.8, 4) is 0 Å². The number of carbonyl (C=O) groups is 1. The summed E-state index contributed by atoms with van der Waals surface area (Å²) >= 11 is 3.47. The summed E-state index contributed by atoms with van der Waals surface area (Å²) in [6.07, 6.45) is 3.05. The summed E-state index contributed by atoms with van der Waals surface area (Å²) in [4.78, 5) is 22.9. The standard InChI is InChI=1S/C19H17BrN4O/c1-2-24(14-8-4-3-5-9-14)19(25)17-12-22-18(13-21-17)23-16-11-7-6-10-15(16)20/h3-13H,2H2,1H3,(H,22,23). The number of benzene rings is 2. The number of para-hydroxylation sites is 2. The Morgan fingerprint density at radius 3 is 2.40 bits per heavy atom. The molecule has 25 heavy (non-hydrogen) atoms. The van der Waals surface area contributed by atoms with E-state index in [1.807, 2.05) is 61.5 Å². The molecule has 0 radical (unpaired) electrons. The van der Waals surface area contributed by atoms with Gasteiger partial charge < -0.3 is 10.2 Å². The molecule has 0 saturated carbocycles. The highest BCUT2D eigenvalue weighted by atomic mass is 79.9. The van der Waals surface area contributed by atoms with Gasteiger partial charge in [-0.2, -0.15) is 0 Å². The summed E-state index contributed by atoms with van der Waals surface area (Å²) in [6.45, 7) is 2.49. The molecular weight excluding hydrogens is 380 g/mol. The van der Waals surface area contributed by atoms with Crippen LogP contribution < -0.4 is 10.2 Å². The number of halogens is 1. The van der Waals surface area contributed by atoms with Gasteiger partial charge in [-0.1, -0.05) is 30.3 Å². The van der Waals surface area contributed by atoms with Gasteiger partial charge in [0.05, 0.1) is 18.1 Å². The summed E-state index contributed by atoms with van der Waals surface area (Å²) < 4.78 is 0.929. The molecule has 2 aromatic carbocycles. The van der Waals surface area contributed by atoms with Crippen LogP contribution in [0.5, 0.6) is 0 Å². The molecular formula is C19H17BrN4O. The Morgan fingerprint density at radius 2 is 1.76 bits per heavy atom. The van der Waals surface area contributed by atoms with E-state index in [0.717, 1.165) is 15.8 Å². The van der Waals surface area contributed by atoms with Crippen LogP contribution in [0.2, 0.25) is 0 Å². The first-order valence-corrected chi connectivity index (χ1v) is 8.69. The summed E-state index contributed by atoms with van der Waals surface area (Å²) in [6, 6.07) is 17.3. The first kappa shape index (κ1) is 17.1. The van der Waals surface area contributed by atoms with E-state index in [0.29, 0.717) is 18.1 Å². The zero-order valence-electron chi connectivity index (χ0n) is 13.7. The second kappa shape index (κ2) is 7.90. The highest BCUT2D eigenvalue weighted by molar-refractivity contribution is 9.10. The lowest BCUT2D eigenvalue weighted by molar-refractivity contribution is 0.0983. The third-order valence-electron chi connectivity index (χ3n) is 3.64. The number of nitrogens with zero attached hydrogens (tertiary/aromatic N) is 3. The van der Waals surface area contributed by atoms with Crippen molar-refractivity contribution in [2.45, 2.75) is 6.92 Å². The highest BCUT2D eigenvalue weighted by Gasteiger charge is 2.17. The molecule has 126 valence electrons. The fourth-order valence-corrected chi connectivity index (χ4v) is 2.78. The Balaban J connectivity index is 1.77. The molecule has 0 unspecified atom stereocenters. The van der Waals surface area contributed by atoms with Crippen molar-refractivity contribution in [1.29, 1.82) is 0 Å². The van der Waals surface area contributed by atoms with E-state index in [4.69, 9.17) is 0 Å². The van der Waals surface area contributed by atoms with Crippen molar-refractivity contribution >= 4 is 39.0 Å². The van der Waals surface area contributed by atoms with Gasteiger partial charge in [0.2, 0.25) is 0 Å². The van der Waals surface area contributed by atoms with Crippen molar-refractivity contribution in [3.63, 3.8) is 0 Å². The Bertz CT molecular complexity index is 853. The lowest BCUT2D eigenvalue weighted by Gasteiger charge is -2.20. The van der Waals surface area contributed by atoms with Crippen LogP contribution in [0.25, 0.3) is 0 Å². The normalized spacial score (nSPS) is 10.3. The predicted octanol–water partition coefficient (Wildman–Crippen LogP) is 4.65.